The van der Waals surface area contributed by atoms with Crippen LogP contribution < -0.4 is 0 Å². The highest BCUT2D eigenvalue weighted by atomic mass is 15.0. The van der Waals surface area contributed by atoms with Gasteiger partial charge in [-0.25, -0.2) is 15.0 Å². The Bertz CT molecular complexity index is 2840. The number of nitrogens with zero attached hydrogens (tertiary/aromatic N) is 4. The van der Waals surface area contributed by atoms with Crippen molar-refractivity contribution in [2.75, 3.05) is 0 Å². The Morgan fingerprint density at radius 2 is 0.582 bits per heavy atom. The monoisotopic (exact) mass is 702 g/mol. The van der Waals surface area contributed by atoms with Gasteiger partial charge in [-0.3, -0.25) is 0 Å². The molecule has 4 heteroatoms. The lowest BCUT2D eigenvalue weighted by atomic mass is 9.96. The van der Waals surface area contributed by atoms with E-state index in [-0.39, 0.29) is 0 Å². The highest BCUT2D eigenvalue weighted by molar-refractivity contribution is 6.09. The zero-order valence-corrected chi connectivity index (χ0v) is 29.9. The van der Waals surface area contributed by atoms with Crippen LogP contribution in [0.3, 0.4) is 0 Å². The molecule has 55 heavy (non-hydrogen) atoms. The first-order valence-corrected chi connectivity index (χ1v) is 18.5. The minimum atomic E-state index is 0.646. The topological polar surface area (TPSA) is 43.6 Å². The summed E-state index contributed by atoms with van der Waals surface area (Å²) in [7, 11) is 0. The molecule has 8 aromatic carbocycles. The van der Waals surface area contributed by atoms with Crippen LogP contribution in [0.4, 0.5) is 0 Å². The second-order valence-corrected chi connectivity index (χ2v) is 13.7. The van der Waals surface area contributed by atoms with E-state index in [1.165, 1.54) is 44.1 Å². The van der Waals surface area contributed by atoms with Crippen LogP contribution in [0.5, 0.6) is 0 Å². The maximum atomic E-state index is 4.91. The van der Waals surface area contributed by atoms with Crippen molar-refractivity contribution in [1.82, 2.24) is 19.5 Å². The van der Waals surface area contributed by atoms with Crippen LogP contribution in [-0.2, 0) is 0 Å². The molecule has 0 aliphatic heterocycles. The fourth-order valence-electron chi connectivity index (χ4n) is 7.51. The summed E-state index contributed by atoms with van der Waals surface area (Å²) in [5, 5.41) is 2.54. The molecule has 0 unspecified atom stereocenters. The molecule has 0 saturated heterocycles. The molecule has 0 spiro atoms. The molecule has 0 bridgehead atoms. The van der Waals surface area contributed by atoms with E-state index in [0.717, 1.165) is 33.5 Å². The van der Waals surface area contributed by atoms with Gasteiger partial charge in [0.05, 0.1) is 11.0 Å². The Hall–Kier alpha value is -7.43. The van der Waals surface area contributed by atoms with Gasteiger partial charge in [0.2, 0.25) is 0 Å². The molecule has 2 heterocycles. The van der Waals surface area contributed by atoms with Crippen LogP contribution in [0.25, 0.3) is 95.0 Å². The van der Waals surface area contributed by atoms with E-state index in [4.69, 9.17) is 15.0 Å². The highest BCUT2D eigenvalue weighted by Crippen LogP contribution is 2.34. The van der Waals surface area contributed by atoms with Gasteiger partial charge in [-0.05, 0) is 69.8 Å². The number of benzene rings is 8. The molecule has 4 nitrogen and oxygen atoms in total. The lowest BCUT2D eigenvalue weighted by Gasteiger charge is -2.11. The van der Waals surface area contributed by atoms with Crippen LogP contribution in [-0.4, -0.2) is 19.5 Å². The quantitative estimate of drug-likeness (QED) is 0.166. The Labute approximate surface area is 319 Å². The summed E-state index contributed by atoms with van der Waals surface area (Å²) in [6, 6.07) is 72.4. The zero-order chi connectivity index (χ0) is 36.6. The molecular formula is C51H34N4. The van der Waals surface area contributed by atoms with E-state index in [0.29, 0.717) is 17.5 Å². The summed E-state index contributed by atoms with van der Waals surface area (Å²) in [6.07, 6.45) is 0. The molecule has 10 rings (SSSR count). The van der Waals surface area contributed by atoms with Gasteiger partial charge in [0.25, 0.3) is 0 Å². The van der Waals surface area contributed by atoms with Gasteiger partial charge >= 0.3 is 0 Å². The Morgan fingerprint density at radius 1 is 0.255 bits per heavy atom. The molecule has 258 valence electrons. The van der Waals surface area contributed by atoms with Crippen LogP contribution in [0.1, 0.15) is 0 Å². The summed E-state index contributed by atoms with van der Waals surface area (Å²) < 4.78 is 2.36. The average molecular weight is 703 g/mol. The van der Waals surface area contributed by atoms with Gasteiger partial charge in [-0.15, -0.1) is 0 Å². The maximum absolute atomic E-state index is 4.91. The lowest BCUT2D eigenvalue weighted by molar-refractivity contribution is 1.07. The van der Waals surface area contributed by atoms with E-state index in [2.05, 4.69) is 150 Å². The molecule has 0 aliphatic carbocycles. The first-order chi connectivity index (χ1) is 27.2. The van der Waals surface area contributed by atoms with Gasteiger partial charge < -0.3 is 4.57 Å². The van der Waals surface area contributed by atoms with Gasteiger partial charge in [-0.1, -0.05) is 170 Å². The maximum Gasteiger partial charge on any atom is 0.164 e. The molecule has 10 aromatic rings. The van der Waals surface area contributed by atoms with E-state index >= 15 is 0 Å². The van der Waals surface area contributed by atoms with Crippen molar-refractivity contribution in [3.63, 3.8) is 0 Å². The molecule has 0 N–H and O–H groups in total. The van der Waals surface area contributed by atoms with Crippen LogP contribution in [0, 0.1) is 0 Å². The fraction of sp³-hybridized carbons (Fsp3) is 0. The van der Waals surface area contributed by atoms with E-state index < -0.39 is 0 Å². The third-order valence-electron chi connectivity index (χ3n) is 10.3. The Morgan fingerprint density at radius 3 is 1.04 bits per heavy atom. The molecule has 2 aromatic heterocycles. The van der Waals surface area contributed by atoms with Gasteiger partial charge in [0.1, 0.15) is 0 Å². The molecular weight excluding hydrogens is 669 g/mol. The van der Waals surface area contributed by atoms with Gasteiger partial charge in [-0.2, -0.15) is 0 Å². The largest absolute Gasteiger partial charge is 0.309 e. The predicted molar refractivity (Wildman–Crippen MR) is 227 cm³/mol. The third-order valence-corrected chi connectivity index (χ3v) is 10.3. The van der Waals surface area contributed by atoms with Crippen molar-refractivity contribution < 1.29 is 0 Å². The van der Waals surface area contributed by atoms with Crippen molar-refractivity contribution in [2.24, 2.45) is 0 Å². The normalized spacial score (nSPS) is 11.3. The molecule has 0 aliphatic rings. The van der Waals surface area contributed by atoms with E-state index in [1.807, 2.05) is 60.7 Å². The summed E-state index contributed by atoms with van der Waals surface area (Å²) in [4.78, 5) is 14.7. The summed E-state index contributed by atoms with van der Waals surface area (Å²) >= 11 is 0. The fourth-order valence-corrected chi connectivity index (χ4v) is 7.51. The van der Waals surface area contributed by atoms with Crippen molar-refractivity contribution in [3.8, 4) is 73.2 Å². The first-order valence-electron chi connectivity index (χ1n) is 18.5. The number of para-hydroxylation sites is 2. The Kier molecular flexibility index (Phi) is 8.12. The zero-order valence-electron chi connectivity index (χ0n) is 29.9. The Balaban J connectivity index is 0.937. The third kappa shape index (κ3) is 6.16. The van der Waals surface area contributed by atoms with Crippen molar-refractivity contribution in [2.45, 2.75) is 0 Å². The molecule has 0 saturated carbocycles. The smallest absolute Gasteiger partial charge is 0.164 e. The number of hydrogen-bond acceptors (Lipinski definition) is 3. The van der Waals surface area contributed by atoms with Crippen molar-refractivity contribution >= 4 is 21.8 Å². The number of aromatic nitrogens is 4. The van der Waals surface area contributed by atoms with Crippen LogP contribution in [0.15, 0.2) is 206 Å². The number of rotatable bonds is 7. The summed E-state index contributed by atoms with van der Waals surface area (Å²) in [6.45, 7) is 0. The minimum absolute atomic E-state index is 0.646. The SMILES string of the molecule is c1ccc(-c2nc(-c3ccccc3)nc(-c3ccc(-c4cccc(-c5cccc(-c6ccc(-n7c8ccccc8c8ccccc87)cc6)c5)c4)cc3)n2)cc1. The lowest BCUT2D eigenvalue weighted by Crippen LogP contribution is -2.00. The highest BCUT2D eigenvalue weighted by Gasteiger charge is 2.14. The average Bonchev–Trinajstić information content (AvgIpc) is 3.61. The number of hydrogen-bond donors (Lipinski definition) is 0. The van der Waals surface area contributed by atoms with Gasteiger partial charge in [0.15, 0.2) is 17.5 Å². The first kappa shape index (κ1) is 32.2. The minimum Gasteiger partial charge on any atom is -0.309 e. The molecule has 0 radical (unpaired) electrons. The second-order valence-electron chi connectivity index (χ2n) is 13.7. The van der Waals surface area contributed by atoms with Crippen LogP contribution >= 0.6 is 0 Å². The van der Waals surface area contributed by atoms with Gasteiger partial charge in [0, 0.05) is 33.2 Å². The summed E-state index contributed by atoms with van der Waals surface area (Å²) in [5.74, 6) is 1.96. The van der Waals surface area contributed by atoms with Crippen molar-refractivity contribution in [1.29, 1.82) is 0 Å². The number of fused-ring (bicyclic) bond motifs is 3. The molecule has 0 fully saturated rings. The predicted octanol–water partition coefficient (Wildman–Crippen LogP) is 13.0. The van der Waals surface area contributed by atoms with E-state index in [1.54, 1.807) is 0 Å². The molecule has 0 amide bonds. The van der Waals surface area contributed by atoms with Crippen LogP contribution in [0.2, 0.25) is 0 Å². The van der Waals surface area contributed by atoms with Crippen molar-refractivity contribution in [3.05, 3.63) is 206 Å². The van der Waals surface area contributed by atoms with E-state index in [9.17, 15) is 0 Å². The second kappa shape index (κ2) is 13.8. The summed E-state index contributed by atoms with van der Waals surface area (Å²) in [5.41, 5.74) is 13.4. The molecule has 0 atom stereocenters. The standard InChI is InChI=1S/C51H34N4/c1-3-13-37(14-4-1)49-52-50(38-15-5-2-6-16-38)54-51(53-49)39-27-25-35(26-28-39)40-17-11-19-42(33-40)43-20-12-18-41(34-43)36-29-31-44(32-30-36)55-47-23-9-7-21-45(47)46-22-8-10-24-48(46)55/h1-34H.